The van der Waals surface area contributed by atoms with Crippen molar-refractivity contribution in [1.82, 2.24) is 4.90 Å². The zero-order chi connectivity index (χ0) is 11.1. The Labute approximate surface area is 97.7 Å². The molecule has 0 radical (unpaired) electrons. The van der Waals surface area contributed by atoms with Crippen LogP contribution in [0.3, 0.4) is 0 Å². The largest absolute Gasteiger partial charge is 0.377 e. The van der Waals surface area contributed by atoms with E-state index >= 15 is 0 Å². The van der Waals surface area contributed by atoms with Gasteiger partial charge in [0.05, 0.1) is 6.10 Å². The smallest absolute Gasteiger partial charge is 0.0674 e. The zero-order valence-electron chi connectivity index (χ0n) is 9.95. The van der Waals surface area contributed by atoms with E-state index in [1.807, 2.05) is 11.8 Å². The van der Waals surface area contributed by atoms with Crippen LogP contribution in [0.4, 0.5) is 0 Å². The van der Waals surface area contributed by atoms with E-state index in [0.717, 1.165) is 32.7 Å². The molecular formula is C11H24N2OS. The van der Waals surface area contributed by atoms with Crippen LogP contribution in [0, 0.1) is 0 Å². The van der Waals surface area contributed by atoms with Gasteiger partial charge in [0.15, 0.2) is 0 Å². The Kier molecular flexibility index (Phi) is 6.64. The molecular weight excluding hydrogens is 208 g/mol. The number of nitrogens with two attached hydrogens (primary N) is 1. The molecule has 1 heterocycles. The second-order valence-electron chi connectivity index (χ2n) is 4.20. The van der Waals surface area contributed by atoms with Gasteiger partial charge in [-0.1, -0.05) is 0 Å². The van der Waals surface area contributed by atoms with Crippen LogP contribution >= 0.6 is 11.8 Å². The first kappa shape index (κ1) is 13.3. The monoisotopic (exact) mass is 232 g/mol. The molecule has 0 aliphatic carbocycles. The maximum atomic E-state index is 5.85. The van der Waals surface area contributed by atoms with E-state index in [1.165, 1.54) is 12.2 Å². The molecule has 0 aromatic carbocycles. The summed E-state index contributed by atoms with van der Waals surface area (Å²) >= 11 is 1.90. The van der Waals surface area contributed by atoms with Crippen LogP contribution in [-0.4, -0.2) is 55.3 Å². The summed E-state index contributed by atoms with van der Waals surface area (Å²) in [6, 6.07) is 0.543. The van der Waals surface area contributed by atoms with Crippen LogP contribution in [0.15, 0.2) is 0 Å². The third-order valence-corrected chi connectivity index (χ3v) is 3.57. The summed E-state index contributed by atoms with van der Waals surface area (Å²) in [5.74, 6) is 1.20. The van der Waals surface area contributed by atoms with Gasteiger partial charge in [-0.15, -0.1) is 0 Å². The lowest BCUT2D eigenvalue weighted by molar-refractivity contribution is 0.0610. The molecule has 3 nitrogen and oxygen atoms in total. The van der Waals surface area contributed by atoms with Gasteiger partial charge in [-0.05, 0) is 31.8 Å². The van der Waals surface area contributed by atoms with E-state index in [-0.39, 0.29) is 0 Å². The summed E-state index contributed by atoms with van der Waals surface area (Å²) < 4.78 is 5.64. The second kappa shape index (κ2) is 7.49. The highest BCUT2D eigenvalue weighted by atomic mass is 32.2. The van der Waals surface area contributed by atoms with Gasteiger partial charge < -0.3 is 10.5 Å². The molecule has 1 fully saturated rings. The molecule has 15 heavy (non-hydrogen) atoms. The van der Waals surface area contributed by atoms with Gasteiger partial charge in [-0.3, -0.25) is 4.90 Å². The SMILES string of the molecule is CSCCC(CN)N1CCCOC(C)C1. The minimum Gasteiger partial charge on any atom is -0.377 e. The maximum Gasteiger partial charge on any atom is 0.0674 e. The van der Waals surface area contributed by atoms with Crippen molar-refractivity contribution in [3.05, 3.63) is 0 Å². The summed E-state index contributed by atoms with van der Waals surface area (Å²) in [7, 11) is 0. The number of hydrogen-bond donors (Lipinski definition) is 1. The highest BCUT2D eigenvalue weighted by Crippen LogP contribution is 2.12. The summed E-state index contributed by atoms with van der Waals surface area (Å²) in [5.41, 5.74) is 5.85. The van der Waals surface area contributed by atoms with Crippen molar-refractivity contribution in [3.63, 3.8) is 0 Å². The molecule has 1 aliphatic heterocycles. The summed E-state index contributed by atoms with van der Waals surface area (Å²) in [6.07, 6.45) is 4.85. The van der Waals surface area contributed by atoms with Crippen molar-refractivity contribution < 1.29 is 4.74 Å². The van der Waals surface area contributed by atoms with E-state index in [0.29, 0.717) is 12.1 Å². The normalized spacial score (nSPS) is 26.2. The summed E-state index contributed by atoms with van der Waals surface area (Å²) in [4.78, 5) is 2.51. The van der Waals surface area contributed by atoms with Crippen LogP contribution in [0.1, 0.15) is 19.8 Å². The maximum absolute atomic E-state index is 5.85. The molecule has 0 saturated carbocycles. The van der Waals surface area contributed by atoms with E-state index in [2.05, 4.69) is 18.1 Å². The fourth-order valence-electron chi connectivity index (χ4n) is 2.06. The quantitative estimate of drug-likeness (QED) is 0.772. The first-order chi connectivity index (χ1) is 7.27. The molecule has 0 aromatic rings. The lowest BCUT2D eigenvalue weighted by atomic mass is 10.1. The van der Waals surface area contributed by atoms with E-state index in [1.54, 1.807) is 0 Å². The van der Waals surface area contributed by atoms with Gasteiger partial charge >= 0.3 is 0 Å². The second-order valence-corrected chi connectivity index (χ2v) is 5.19. The average Bonchev–Trinajstić information content (AvgIpc) is 2.44. The first-order valence-electron chi connectivity index (χ1n) is 5.82. The molecule has 0 spiro atoms. The fourth-order valence-corrected chi connectivity index (χ4v) is 2.57. The minimum absolute atomic E-state index is 0.357. The predicted octanol–water partition coefficient (Wildman–Crippen LogP) is 1.18. The van der Waals surface area contributed by atoms with Crippen LogP contribution in [0.25, 0.3) is 0 Å². The van der Waals surface area contributed by atoms with Crippen molar-refractivity contribution >= 4 is 11.8 Å². The summed E-state index contributed by atoms with van der Waals surface area (Å²) in [6.45, 7) is 6.00. The Morgan fingerprint density at radius 3 is 3.07 bits per heavy atom. The van der Waals surface area contributed by atoms with E-state index in [9.17, 15) is 0 Å². The molecule has 1 rings (SSSR count). The average molecular weight is 232 g/mol. The predicted molar refractivity (Wildman–Crippen MR) is 67.4 cm³/mol. The Balaban J connectivity index is 2.41. The van der Waals surface area contributed by atoms with Gasteiger partial charge in [0, 0.05) is 32.3 Å². The lowest BCUT2D eigenvalue weighted by Crippen LogP contribution is -2.43. The molecule has 2 atom stereocenters. The van der Waals surface area contributed by atoms with Crippen LogP contribution in [0.2, 0.25) is 0 Å². The van der Waals surface area contributed by atoms with Crippen molar-refractivity contribution in [3.8, 4) is 0 Å². The van der Waals surface area contributed by atoms with Crippen LogP contribution in [-0.2, 0) is 4.74 Å². The van der Waals surface area contributed by atoms with E-state index < -0.39 is 0 Å². The topological polar surface area (TPSA) is 38.5 Å². The minimum atomic E-state index is 0.357. The van der Waals surface area contributed by atoms with Gasteiger partial charge in [0.25, 0.3) is 0 Å². The van der Waals surface area contributed by atoms with Crippen molar-refractivity contribution in [2.75, 3.05) is 38.2 Å². The summed E-state index contributed by atoms with van der Waals surface area (Å²) in [5, 5.41) is 0. The van der Waals surface area contributed by atoms with Gasteiger partial charge in [0.2, 0.25) is 0 Å². The zero-order valence-corrected chi connectivity index (χ0v) is 10.8. The van der Waals surface area contributed by atoms with E-state index in [4.69, 9.17) is 10.5 Å². The molecule has 2 N–H and O–H groups in total. The number of ether oxygens (including phenoxy) is 1. The van der Waals surface area contributed by atoms with Crippen LogP contribution < -0.4 is 5.73 Å². The Morgan fingerprint density at radius 2 is 2.40 bits per heavy atom. The number of nitrogens with zero attached hydrogens (tertiary/aromatic N) is 1. The van der Waals surface area contributed by atoms with Gasteiger partial charge in [-0.2, -0.15) is 11.8 Å². The molecule has 0 bridgehead atoms. The highest BCUT2D eigenvalue weighted by molar-refractivity contribution is 7.98. The third-order valence-electron chi connectivity index (χ3n) is 2.93. The number of hydrogen-bond acceptors (Lipinski definition) is 4. The number of rotatable bonds is 5. The van der Waals surface area contributed by atoms with Gasteiger partial charge in [0.1, 0.15) is 0 Å². The molecule has 1 saturated heterocycles. The molecule has 90 valence electrons. The van der Waals surface area contributed by atoms with Crippen molar-refractivity contribution in [1.29, 1.82) is 0 Å². The standard InChI is InChI=1S/C11H24N2OS/c1-10-9-13(5-3-6-14-10)11(8-12)4-7-15-2/h10-11H,3-9,12H2,1-2H3. The molecule has 4 heteroatoms. The Hall–Kier alpha value is 0.230. The highest BCUT2D eigenvalue weighted by Gasteiger charge is 2.21. The molecule has 0 amide bonds. The molecule has 1 aliphatic rings. The molecule has 2 unspecified atom stereocenters. The molecule has 0 aromatic heterocycles. The van der Waals surface area contributed by atoms with Crippen molar-refractivity contribution in [2.45, 2.75) is 31.9 Å². The van der Waals surface area contributed by atoms with Gasteiger partial charge in [-0.25, -0.2) is 0 Å². The Morgan fingerprint density at radius 1 is 1.60 bits per heavy atom. The first-order valence-corrected chi connectivity index (χ1v) is 7.22. The number of thioether (sulfide) groups is 1. The Bertz CT molecular complexity index is 169. The van der Waals surface area contributed by atoms with Crippen LogP contribution in [0.5, 0.6) is 0 Å². The fraction of sp³-hybridized carbons (Fsp3) is 1.00. The third kappa shape index (κ3) is 4.72. The van der Waals surface area contributed by atoms with Crippen molar-refractivity contribution in [2.24, 2.45) is 5.73 Å². The lowest BCUT2D eigenvalue weighted by Gasteiger charge is -2.30.